The molecule has 7 nitrogen and oxygen atoms in total. The van der Waals surface area contributed by atoms with Gasteiger partial charge < -0.3 is 14.7 Å². The number of carbonyl (C=O) groups is 1. The van der Waals surface area contributed by atoms with E-state index in [0.29, 0.717) is 30.1 Å². The summed E-state index contributed by atoms with van der Waals surface area (Å²) in [5, 5.41) is 9.86. The number of aliphatic hydroxyl groups is 1. The van der Waals surface area contributed by atoms with Gasteiger partial charge in [0.25, 0.3) is 5.91 Å². The largest absolute Gasteiger partial charge is 0.472 e. The van der Waals surface area contributed by atoms with Gasteiger partial charge in [-0.25, -0.2) is 4.98 Å². The van der Waals surface area contributed by atoms with Crippen molar-refractivity contribution in [3.05, 3.63) is 89.4 Å². The number of hydrogen-bond acceptors (Lipinski definition) is 6. The summed E-state index contributed by atoms with van der Waals surface area (Å²) in [5.41, 5.74) is 2.96. The summed E-state index contributed by atoms with van der Waals surface area (Å²) in [7, 11) is 2.06. The molecule has 0 unspecified atom stereocenters. The molecule has 0 aliphatic carbocycles. The van der Waals surface area contributed by atoms with Gasteiger partial charge in [-0.3, -0.25) is 14.7 Å². The van der Waals surface area contributed by atoms with E-state index in [0.717, 1.165) is 12.1 Å². The normalized spacial score (nSPS) is 18.4. The van der Waals surface area contributed by atoms with Crippen molar-refractivity contribution in [2.24, 2.45) is 5.92 Å². The third-order valence-electron chi connectivity index (χ3n) is 6.32. The summed E-state index contributed by atoms with van der Waals surface area (Å²) in [4.78, 5) is 26.1. The number of aliphatic hydroxyl groups excluding tert-OH is 1. The van der Waals surface area contributed by atoms with Crippen LogP contribution in [-0.4, -0.2) is 69.7 Å². The topological polar surface area (TPSA) is 78.8 Å². The minimum absolute atomic E-state index is 0.0289. The van der Waals surface area contributed by atoms with Gasteiger partial charge in [0.05, 0.1) is 12.6 Å². The zero-order valence-electron chi connectivity index (χ0n) is 21.0. The number of pyridine rings is 2. The van der Waals surface area contributed by atoms with Crippen LogP contribution in [-0.2, 0) is 6.54 Å². The number of likely N-dealkylation sites (N-methyl/N-ethyl adjacent to an activating group) is 1. The van der Waals surface area contributed by atoms with Gasteiger partial charge in [-0.2, -0.15) is 0 Å². The first-order valence-electron chi connectivity index (χ1n) is 12.2. The van der Waals surface area contributed by atoms with Crippen LogP contribution in [0.15, 0.2) is 67.1 Å². The highest BCUT2D eigenvalue weighted by Gasteiger charge is 2.34. The summed E-state index contributed by atoms with van der Waals surface area (Å²) < 4.78 is 6.39. The second-order valence-corrected chi connectivity index (χ2v) is 9.37. The zero-order valence-corrected chi connectivity index (χ0v) is 21.0. The van der Waals surface area contributed by atoms with Crippen molar-refractivity contribution in [1.82, 2.24) is 19.8 Å². The average molecular weight is 485 g/mol. The number of fused-ring (bicyclic) bond motifs is 1. The Morgan fingerprint density at radius 2 is 1.94 bits per heavy atom. The van der Waals surface area contributed by atoms with Gasteiger partial charge in [-0.15, -0.1) is 0 Å². The molecule has 3 atom stereocenters. The van der Waals surface area contributed by atoms with E-state index in [4.69, 9.17) is 4.74 Å². The van der Waals surface area contributed by atoms with E-state index < -0.39 is 0 Å². The lowest BCUT2D eigenvalue weighted by atomic mass is 9.99. The molecule has 0 radical (unpaired) electrons. The molecular weight excluding hydrogens is 452 g/mol. The van der Waals surface area contributed by atoms with Crippen LogP contribution in [0.3, 0.4) is 0 Å². The van der Waals surface area contributed by atoms with Crippen molar-refractivity contribution < 1.29 is 14.6 Å². The van der Waals surface area contributed by atoms with Crippen molar-refractivity contribution >= 4 is 5.91 Å². The molecule has 2 aromatic heterocycles. The lowest BCUT2D eigenvalue weighted by Gasteiger charge is -2.37. The summed E-state index contributed by atoms with van der Waals surface area (Å²) in [5.74, 6) is 6.24. The number of rotatable bonds is 6. The molecule has 4 rings (SSSR count). The van der Waals surface area contributed by atoms with Gasteiger partial charge in [-0.1, -0.05) is 49.1 Å². The second-order valence-electron chi connectivity index (χ2n) is 9.37. The van der Waals surface area contributed by atoms with E-state index in [9.17, 15) is 9.90 Å². The maximum Gasteiger partial charge on any atom is 0.259 e. The molecule has 7 heteroatoms. The Morgan fingerprint density at radius 3 is 2.67 bits per heavy atom. The Balaban J connectivity index is 1.63. The first kappa shape index (κ1) is 25.4. The quantitative estimate of drug-likeness (QED) is 0.542. The van der Waals surface area contributed by atoms with Crippen LogP contribution < -0.4 is 4.74 Å². The fourth-order valence-corrected chi connectivity index (χ4v) is 4.24. The zero-order chi connectivity index (χ0) is 25.5. The molecule has 0 saturated carbocycles. The van der Waals surface area contributed by atoms with E-state index in [1.165, 1.54) is 5.56 Å². The number of nitrogens with zero attached hydrogens (tertiary/aromatic N) is 4. The first-order valence-corrected chi connectivity index (χ1v) is 12.2. The van der Waals surface area contributed by atoms with Gasteiger partial charge in [0.15, 0.2) is 0 Å². The van der Waals surface area contributed by atoms with Crippen molar-refractivity contribution in [2.45, 2.75) is 32.5 Å². The van der Waals surface area contributed by atoms with Gasteiger partial charge in [0, 0.05) is 55.3 Å². The number of carbonyl (C=O) groups excluding carboxylic acids is 1. The molecular formula is C29H32N4O3. The first-order chi connectivity index (χ1) is 17.4. The van der Waals surface area contributed by atoms with Gasteiger partial charge in [-0.05, 0) is 37.7 Å². The molecule has 186 valence electrons. The minimum atomic E-state index is -0.335. The molecule has 0 spiro atoms. The Bertz CT molecular complexity index is 1220. The number of hydrogen-bond donors (Lipinski definition) is 1. The summed E-state index contributed by atoms with van der Waals surface area (Å²) in [6.45, 7) is 5.71. The highest BCUT2D eigenvalue weighted by Crippen LogP contribution is 2.27. The van der Waals surface area contributed by atoms with Crippen molar-refractivity contribution in [3.8, 4) is 17.7 Å². The van der Waals surface area contributed by atoms with Gasteiger partial charge in [0.1, 0.15) is 11.7 Å². The van der Waals surface area contributed by atoms with E-state index in [1.807, 2.05) is 37.3 Å². The third kappa shape index (κ3) is 6.28. The second kappa shape index (κ2) is 11.8. The molecule has 0 saturated heterocycles. The molecule has 1 aromatic carbocycles. The van der Waals surface area contributed by atoms with Crippen LogP contribution in [0.25, 0.3) is 0 Å². The van der Waals surface area contributed by atoms with E-state index in [2.05, 4.69) is 52.8 Å². The van der Waals surface area contributed by atoms with Crippen LogP contribution in [0.1, 0.15) is 40.9 Å². The monoisotopic (exact) mass is 484 g/mol. The maximum absolute atomic E-state index is 13.6. The number of amides is 1. The predicted molar refractivity (Wildman–Crippen MR) is 138 cm³/mol. The molecule has 1 aliphatic heterocycles. The van der Waals surface area contributed by atoms with E-state index in [-0.39, 0.29) is 30.6 Å². The standard InChI is InChI=1S/C29H32N4O3/c1-21-17-33(22(2)20-34)29(35)26-14-25(12-11-23-10-7-13-30-15-23)16-31-28(26)36-27(21)19-32(3)18-24-8-5-4-6-9-24/h4-10,13-16,21-22,27,34H,17-20H2,1-3H3/t21-,22-,27-/m1/s1. The van der Waals surface area contributed by atoms with E-state index in [1.54, 1.807) is 29.6 Å². The summed E-state index contributed by atoms with van der Waals surface area (Å²) in [6.07, 6.45) is 4.82. The number of benzene rings is 1. The fourth-order valence-electron chi connectivity index (χ4n) is 4.24. The maximum atomic E-state index is 13.6. The van der Waals surface area contributed by atoms with Crippen LogP contribution in [0.4, 0.5) is 0 Å². The Hall–Kier alpha value is -3.73. The van der Waals surface area contributed by atoms with Crippen molar-refractivity contribution in [3.63, 3.8) is 0 Å². The SMILES string of the molecule is C[C@@H]1CN([C@H](C)CO)C(=O)c2cc(C#Cc3cccnc3)cnc2O[C@@H]1CN(C)Cc1ccccc1. The minimum Gasteiger partial charge on any atom is -0.472 e. The molecule has 1 aliphatic rings. The van der Waals surface area contributed by atoms with Crippen LogP contribution in [0, 0.1) is 17.8 Å². The molecule has 0 fully saturated rings. The molecule has 3 aromatic rings. The predicted octanol–water partition coefficient (Wildman–Crippen LogP) is 3.23. The molecule has 0 bridgehead atoms. The highest BCUT2D eigenvalue weighted by molar-refractivity contribution is 5.97. The van der Waals surface area contributed by atoms with Crippen LogP contribution in [0.5, 0.6) is 5.88 Å². The lowest BCUT2D eigenvalue weighted by Crippen LogP contribution is -2.49. The van der Waals surface area contributed by atoms with Gasteiger partial charge >= 0.3 is 0 Å². The van der Waals surface area contributed by atoms with Gasteiger partial charge in [0.2, 0.25) is 5.88 Å². The Kier molecular flexibility index (Phi) is 8.32. The molecule has 36 heavy (non-hydrogen) atoms. The van der Waals surface area contributed by atoms with Crippen molar-refractivity contribution in [1.29, 1.82) is 0 Å². The molecule has 1 N–H and O–H groups in total. The lowest BCUT2D eigenvalue weighted by molar-refractivity contribution is 0.0325. The van der Waals surface area contributed by atoms with Crippen LogP contribution in [0.2, 0.25) is 0 Å². The average Bonchev–Trinajstić information content (AvgIpc) is 2.90. The molecule has 3 heterocycles. The highest BCUT2D eigenvalue weighted by atomic mass is 16.5. The summed E-state index contributed by atoms with van der Waals surface area (Å²) in [6, 6.07) is 15.4. The third-order valence-corrected chi connectivity index (χ3v) is 6.32. The number of ether oxygens (including phenoxy) is 1. The van der Waals surface area contributed by atoms with Crippen molar-refractivity contribution in [2.75, 3.05) is 26.7 Å². The Morgan fingerprint density at radius 1 is 1.17 bits per heavy atom. The molecule has 1 amide bonds. The fraction of sp³-hybridized carbons (Fsp3) is 0.345. The Labute approximate surface area is 212 Å². The number of aromatic nitrogens is 2. The summed E-state index contributed by atoms with van der Waals surface area (Å²) >= 11 is 0. The van der Waals surface area contributed by atoms with Crippen LogP contribution >= 0.6 is 0 Å². The smallest absolute Gasteiger partial charge is 0.259 e. The van der Waals surface area contributed by atoms with E-state index >= 15 is 0 Å².